The minimum atomic E-state index is 0.644. The van der Waals surface area contributed by atoms with Gasteiger partial charge in [-0.1, -0.05) is 18.2 Å². The lowest BCUT2D eigenvalue weighted by Gasteiger charge is -2.22. The van der Waals surface area contributed by atoms with Gasteiger partial charge in [0, 0.05) is 48.6 Å². The van der Waals surface area contributed by atoms with Crippen LogP contribution in [0, 0.1) is 13.8 Å². The Morgan fingerprint density at radius 1 is 1.10 bits per heavy atom. The Bertz CT molecular complexity index is 1230. The van der Waals surface area contributed by atoms with E-state index < -0.39 is 0 Å². The summed E-state index contributed by atoms with van der Waals surface area (Å²) in [7, 11) is 3.73. The van der Waals surface area contributed by atoms with Crippen LogP contribution in [-0.2, 0) is 20.1 Å². The fourth-order valence-corrected chi connectivity index (χ4v) is 4.41. The molecule has 1 aliphatic carbocycles. The van der Waals surface area contributed by atoms with Crippen LogP contribution < -0.4 is 4.74 Å². The maximum absolute atomic E-state index is 5.36. The van der Waals surface area contributed by atoms with Gasteiger partial charge in [0.2, 0.25) is 0 Å². The third-order valence-corrected chi connectivity index (χ3v) is 6.51. The van der Waals surface area contributed by atoms with E-state index in [0.717, 1.165) is 35.8 Å². The van der Waals surface area contributed by atoms with Crippen LogP contribution in [0.2, 0.25) is 0 Å². The van der Waals surface area contributed by atoms with Crippen LogP contribution in [0.5, 0.6) is 5.75 Å². The highest BCUT2D eigenvalue weighted by atomic mass is 16.5. The number of rotatable bonds is 7. The van der Waals surface area contributed by atoms with Crippen molar-refractivity contribution >= 4 is 10.8 Å². The quantitative estimate of drug-likeness (QED) is 0.473. The number of aryl methyl sites for hydroxylation is 2. The second-order valence-electron chi connectivity index (χ2n) is 8.61. The summed E-state index contributed by atoms with van der Waals surface area (Å²) in [6.07, 6.45) is 4.51. The van der Waals surface area contributed by atoms with E-state index in [2.05, 4.69) is 64.4 Å². The van der Waals surface area contributed by atoms with E-state index in [1.165, 1.54) is 40.4 Å². The van der Waals surface area contributed by atoms with Gasteiger partial charge >= 0.3 is 0 Å². The molecule has 6 nitrogen and oxygen atoms in total. The molecule has 0 radical (unpaired) electrons. The summed E-state index contributed by atoms with van der Waals surface area (Å²) in [5.41, 5.74) is 7.22. The van der Waals surface area contributed by atoms with Crippen LogP contribution in [0.3, 0.4) is 0 Å². The van der Waals surface area contributed by atoms with E-state index in [1.54, 1.807) is 7.11 Å². The number of aromatic nitrogens is 4. The van der Waals surface area contributed by atoms with Gasteiger partial charge < -0.3 is 4.74 Å². The van der Waals surface area contributed by atoms with Gasteiger partial charge in [-0.05, 0) is 55.7 Å². The van der Waals surface area contributed by atoms with E-state index >= 15 is 0 Å². The maximum atomic E-state index is 5.36. The maximum Gasteiger partial charge on any atom is 0.119 e. The largest absolute Gasteiger partial charge is 0.497 e. The highest BCUT2D eigenvalue weighted by Crippen LogP contribution is 2.33. The summed E-state index contributed by atoms with van der Waals surface area (Å²) >= 11 is 0. The van der Waals surface area contributed by atoms with Crippen LogP contribution in [0.4, 0.5) is 0 Å². The summed E-state index contributed by atoms with van der Waals surface area (Å²) in [5.74, 6) is 0.878. The molecule has 5 rings (SSSR count). The lowest BCUT2D eigenvalue weighted by Crippen LogP contribution is -2.25. The molecule has 31 heavy (non-hydrogen) atoms. The summed E-state index contributed by atoms with van der Waals surface area (Å²) in [5, 5.41) is 14.6. The second kappa shape index (κ2) is 7.85. The SMILES string of the molecule is COc1ccc2cc(-c3[nH]ncc3CN(Cc3c(C)nn(C)c3C)C3CC3)ccc2c1. The molecule has 6 heteroatoms. The molecule has 0 unspecified atom stereocenters. The average molecular weight is 416 g/mol. The van der Waals surface area contributed by atoms with Crippen LogP contribution in [0.25, 0.3) is 22.0 Å². The van der Waals surface area contributed by atoms with Crippen molar-refractivity contribution in [1.29, 1.82) is 0 Å². The molecule has 0 spiro atoms. The first kappa shape index (κ1) is 19.8. The molecule has 0 bridgehead atoms. The highest BCUT2D eigenvalue weighted by molar-refractivity contribution is 5.88. The van der Waals surface area contributed by atoms with Crippen LogP contribution in [0.1, 0.15) is 35.4 Å². The molecule has 1 saturated carbocycles. The first-order valence-electron chi connectivity index (χ1n) is 10.9. The zero-order valence-electron chi connectivity index (χ0n) is 18.6. The summed E-state index contributed by atoms with van der Waals surface area (Å²) in [4.78, 5) is 2.58. The van der Waals surface area contributed by atoms with Gasteiger partial charge in [-0.25, -0.2) is 0 Å². The Morgan fingerprint density at radius 2 is 1.87 bits per heavy atom. The Morgan fingerprint density at radius 3 is 2.58 bits per heavy atom. The van der Waals surface area contributed by atoms with Gasteiger partial charge in [-0.3, -0.25) is 14.7 Å². The molecular weight excluding hydrogens is 386 g/mol. The number of ether oxygens (including phenoxy) is 1. The van der Waals surface area contributed by atoms with Gasteiger partial charge in [-0.2, -0.15) is 10.2 Å². The molecule has 0 saturated heterocycles. The first-order chi connectivity index (χ1) is 15.0. The topological polar surface area (TPSA) is 59.0 Å². The molecule has 0 atom stereocenters. The number of H-pyrrole nitrogens is 1. The average Bonchev–Trinajstić information content (AvgIpc) is 3.48. The lowest BCUT2D eigenvalue weighted by molar-refractivity contribution is 0.245. The van der Waals surface area contributed by atoms with E-state index in [9.17, 15) is 0 Å². The van der Waals surface area contributed by atoms with Crippen molar-refractivity contribution in [3.8, 4) is 17.0 Å². The fourth-order valence-electron chi connectivity index (χ4n) is 4.41. The molecule has 2 aromatic heterocycles. The number of hydrogen-bond donors (Lipinski definition) is 1. The number of nitrogens with one attached hydrogen (secondary N) is 1. The third-order valence-electron chi connectivity index (χ3n) is 6.51. The molecule has 1 N–H and O–H groups in total. The van der Waals surface area contributed by atoms with Crippen molar-refractivity contribution in [2.45, 2.75) is 45.8 Å². The van der Waals surface area contributed by atoms with Gasteiger partial charge in [-0.15, -0.1) is 0 Å². The Labute approximate surface area is 182 Å². The molecule has 1 fully saturated rings. The fraction of sp³-hybridized carbons (Fsp3) is 0.360. The minimum absolute atomic E-state index is 0.644. The van der Waals surface area contributed by atoms with Gasteiger partial charge in [0.25, 0.3) is 0 Å². The van der Waals surface area contributed by atoms with Gasteiger partial charge in [0.05, 0.1) is 24.7 Å². The van der Waals surface area contributed by atoms with Crippen molar-refractivity contribution in [3.05, 3.63) is 65.1 Å². The van der Waals surface area contributed by atoms with Gasteiger partial charge in [0.15, 0.2) is 0 Å². The minimum Gasteiger partial charge on any atom is -0.497 e. The lowest BCUT2D eigenvalue weighted by atomic mass is 10.0. The number of fused-ring (bicyclic) bond motifs is 1. The molecule has 4 aromatic rings. The molecule has 160 valence electrons. The van der Waals surface area contributed by atoms with E-state index in [4.69, 9.17) is 4.74 Å². The number of benzene rings is 2. The second-order valence-corrected chi connectivity index (χ2v) is 8.61. The standard InChI is InChI=1S/C25H29N5O/c1-16-24(17(2)29(3)28-16)15-30(22-8-9-22)14-21-13-26-27-25(21)20-6-5-19-12-23(31-4)10-7-18(19)11-20/h5-7,10-13,22H,8-9,14-15H2,1-4H3,(H,26,27). The predicted molar refractivity (Wildman–Crippen MR) is 123 cm³/mol. The zero-order valence-corrected chi connectivity index (χ0v) is 18.6. The third kappa shape index (κ3) is 3.83. The summed E-state index contributed by atoms with van der Waals surface area (Å²) in [6.45, 7) is 6.08. The van der Waals surface area contributed by atoms with Crippen molar-refractivity contribution in [2.24, 2.45) is 7.05 Å². The smallest absolute Gasteiger partial charge is 0.119 e. The first-order valence-corrected chi connectivity index (χ1v) is 10.9. The number of aromatic amines is 1. The van der Waals surface area contributed by atoms with Crippen LogP contribution in [0.15, 0.2) is 42.6 Å². The predicted octanol–water partition coefficient (Wildman–Crippen LogP) is 4.75. The van der Waals surface area contributed by atoms with E-state index in [-0.39, 0.29) is 0 Å². The molecule has 2 aromatic carbocycles. The molecule has 0 amide bonds. The van der Waals surface area contributed by atoms with Crippen molar-refractivity contribution < 1.29 is 4.74 Å². The van der Waals surface area contributed by atoms with Crippen LogP contribution in [-0.4, -0.2) is 38.0 Å². The zero-order chi connectivity index (χ0) is 21.5. The summed E-state index contributed by atoms with van der Waals surface area (Å²) in [6, 6.07) is 13.4. The van der Waals surface area contributed by atoms with Crippen molar-refractivity contribution in [2.75, 3.05) is 7.11 Å². The normalized spacial score (nSPS) is 14.0. The molecule has 1 aliphatic rings. The number of methoxy groups -OCH3 is 1. The molecule has 0 aliphatic heterocycles. The van der Waals surface area contributed by atoms with E-state index in [1.807, 2.05) is 24.0 Å². The molecular formula is C25H29N5O. The summed E-state index contributed by atoms with van der Waals surface area (Å²) < 4.78 is 7.34. The monoisotopic (exact) mass is 415 g/mol. The number of nitrogens with zero attached hydrogens (tertiary/aromatic N) is 4. The molecule has 2 heterocycles. The number of hydrogen-bond acceptors (Lipinski definition) is 4. The Kier molecular flexibility index (Phi) is 5.02. The van der Waals surface area contributed by atoms with Crippen molar-refractivity contribution in [1.82, 2.24) is 24.9 Å². The Hall–Kier alpha value is -3.12. The van der Waals surface area contributed by atoms with Crippen molar-refractivity contribution in [3.63, 3.8) is 0 Å². The Balaban J connectivity index is 1.43. The highest BCUT2D eigenvalue weighted by Gasteiger charge is 2.31. The van der Waals surface area contributed by atoms with E-state index in [0.29, 0.717) is 6.04 Å². The van der Waals surface area contributed by atoms with Crippen LogP contribution >= 0.6 is 0 Å². The van der Waals surface area contributed by atoms with Gasteiger partial charge in [0.1, 0.15) is 5.75 Å².